The molecule has 4 aromatic rings. The number of fused-ring (bicyclic) bond motifs is 1. The number of piperidine rings is 1. The molecule has 1 N–H and O–H groups in total. The van der Waals surface area contributed by atoms with Crippen LogP contribution in [0.15, 0.2) is 73.1 Å². The van der Waals surface area contributed by atoms with Gasteiger partial charge in [0.05, 0.1) is 12.2 Å². The highest BCUT2D eigenvalue weighted by Gasteiger charge is 2.37. The van der Waals surface area contributed by atoms with Gasteiger partial charge in [0, 0.05) is 48.7 Å². The third-order valence-corrected chi connectivity index (χ3v) is 9.29. The van der Waals surface area contributed by atoms with Crippen LogP contribution in [-0.4, -0.2) is 39.9 Å². The molecule has 7 heteroatoms. The van der Waals surface area contributed by atoms with Crippen LogP contribution < -0.4 is 9.47 Å². The number of benzene rings is 3. The second-order valence-corrected chi connectivity index (χ2v) is 12.6. The number of halogens is 1. The number of aliphatic hydroxyl groups excluding tert-OH is 1. The topological polar surface area (TPSA) is 78.6 Å². The van der Waals surface area contributed by atoms with Crippen LogP contribution in [0.2, 0.25) is 0 Å². The summed E-state index contributed by atoms with van der Waals surface area (Å²) >= 11 is 0. The zero-order valence-electron chi connectivity index (χ0n) is 26.1. The van der Waals surface area contributed by atoms with E-state index in [9.17, 15) is 10.4 Å². The Morgan fingerprint density at radius 2 is 1.82 bits per heavy atom. The van der Waals surface area contributed by atoms with Crippen molar-refractivity contribution in [3.05, 3.63) is 112 Å². The Labute approximate surface area is 265 Å². The average molecular weight is 606 g/mol. The van der Waals surface area contributed by atoms with E-state index in [-0.39, 0.29) is 25.8 Å². The van der Waals surface area contributed by atoms with Gasteiger partial charge in [-0.3, -0.25) is 9.88 Å². The number of nitriles is 1. The second-order valence-electron chi connectivity index (χ2n) is 12.6. The molecule has 0 spiro atoms. The summed E-state index contributed by atoms with van der Waals surface area (Å²) in [6.45, 7) is 5.18. The molecule has 2 aliphatic rings. The van der Waals surface area contributed by atoms with E-state index >= 15 is 4.39 Å². The maximum absolute atomic E-state index is 15.2. The SMILES string of the molecule is Cc1c(COc2cc(OCc3cncc(C#N)c3)c(CN3CC(C)(F)CCC3CO)c3c2CCC3)cccc1-c1ccccc1. The number of aromatic nitrogens is 1. The maximum atomic E-state index is 15.2. The molecule has 6 rings (SSSR count). The average Bonchev–Trinajstić information content (AvgIpc) is 3.55. The first-order valence-corrected chi connectivity index (χ1v) is 15.8. The highest BCUT2D eigenvalue weighted by molar-refractivity contribution is 5.68. The van der Waals surface area contributed by atoms with Crippen molar-refractivity contribution in [2.24, 2.45) is 0 Å². The van der Waals surface area contributed by atoms with Gasteiger partial charge in [-0.15, -0.1) is 0 Å². The standard InChI is InChI=1S/C38H40FN3O3/c1-26-30(10-6-11-32(26)29-8-4-3-5-9-29)24-45-36-17-37(44-23-28-16-27(18-40)19-41-20-28)35(33-12-7-13-34(33)36)21-42-25-38(2,39)15-14-31(42)22-43/h3-6,8-11,16-17,19-20,31,43H,7,12-15,21-25H2,1-2H3. The lowest BCUT2D eigenvalue weighted by Gasteiger charge is -2.41. The zero-order valence-corrected chi connectivity index (χ0v) is 26.1. The first-order valence-electron chi connectivity index (χ1n) is 15.8. The van der Waals surface area contributed by atoms with E-state index in [0.717, 1.165) is 41.7 Å². The van der Waals surface area contributed by atoms with Gasteiger partial charge in [-0.1, -0.05) is 48.5 Å². The van der Waals surface area contributed by atoms with Crippen molar-refractivity contribution >= 4 is 0 Å². The summed E-state index contributed by atoms with van der Waals surface area (Å²) in [6.07, 6.45) is 7.07. The fraction of sp³-hybridized carbons (Fsp3) is 0.368. The third kappa shape index (κ3) is 6.88. The molecular weight excluding hydrogens is 565 g/mol. The van der Waals surface area contributed by atoms with Gasteiger partial charge in [-0.05, 0) is 85.4 Å². The van der Waals surface area contributed by atoms with Gasteiger partial charge >= 0.3 is 0 Å². The van der Waals surface area contributed by atoms with Crippen molar-refractivity contribution in [1.82, 2.24) is 9.88 Å². The van der Waals surface area contributed by atoms with E-state index in [1.807, 2.05) is 12.1 Å². The predicted molar refractivity (Wildman–Crippen MR) is 173 cm³/mol. The maximum Gasteiger partial charge on any atom is 0.128 e. The number of alkyl halides is 1. The smallest absolute Gasteiger partial charge is 0.128 e. The molecule has 0 bridgehead atoms. The largest absolute Gasteiger partial charge is 0.488 e. The molecule has 0 amide bonds. The van der Waals surface area contributed by atoms with Gasteiger partial charge in [-0.2, -0.15) is 5.26 Å². The molecule has 1 saturated heterocycles. The van der Waals surface area contributed by atoms with Gasteiger partial charge in [0.15, 0.2) is 0 Å². The van der Waals surface area contributed by atoms with Crippen molar-refractivity contribution in [2.75, 3.05) is 13.2 Å². The zero-order chi connectivity index (χ0) is 31.4. The second kappa shape index (κ2) is 13.4. The van der Waals surface area contributed by atoms with E-state index in [4.69, 9.17) is 9.47 Å². The van der Waals surface area contributed by atoms with Crippen LogP contribution in [0.3, 0.4) is 0 Å². The number of rotatable bonds is 10. The van der Waals surface area contributed by atoms with Crippen LogP contribution in [0.5, 0.6) is 11.5 Å². The van der Waals surface area contributed by atoms with Gasteiger partial charge < -0.3 is 14.6 Å². The number of hydrogen-bond acceptors (Lipinski definition) is 6. The Kier molecular flexibility index (Phi) is 9.16. The molecule has 1 aromatic heterocycles. The quantitative estimate of drug-likeness (QED) is 0.205. The Hall–Kier alpha value is -4.25. The Morgan fingerprint density at radius 1 is 1.02 bits per heavy atom. The molecule has 2 atom stereocenters. The molecule has 45 heavy (non-hydrogen) atoms. The van der Waals surface area contributed by atoms with E-state index in [0.29, 0.717) is 37.3 Å². The van der Waals surface area contributed by atoms with E-state index in [1.54, 1.807) is 19.2 Å². The van der Waals surface area contributed by atoms with Gasteiger partial charge in [-0.25, -0.2) is 4.39 Å². The lowest BCUT2D eigenvalue weighted by molar-refractivity contribution is -0.00286. The lowest BCUT2D eigenvalue weighted by Crippen LogP contribution is -2.50. The van der Waals surface area contributed by atoms with Crippen molar-refractivity contribution in [1.29, 1.82) is 5.26 Å². The van der Waals surface area contributed by atoms with Crippen LogP contribution in [0.1, 0.15) is 65.1 Å². The third-order valence-electron chi connectivity index (χ3n) is 9.29. The Morgan fingerprint density at radius 3 is 2.62 bits per heavy atom. The van der Waals surface area contributed by atoms with Crippen molar-refractivity contribution < 1.29 is 19.0 Å². The minimum absolute atomic E-state index is 0.0102. The molecule has 0 radical (unpaired) electrons. The van der Waals surface area contributed by atoms with Gasteiger partial charge in [0.2, 0.25) is 0 Å². The van der Waals surface area contributed by atoms with Crippen molar-refractivity contribution in [3.8, 4) is 28.7 Å². The van der Waals surface area contributed by atoms with Crippen LogP contribution >= 0.6 is 0 Å². The number of nitrogens with zero attached hydrogens (tertiary/aromatic N) is 3. The minimum Gasteiger partial charge on any atom is -0.488 e. The molecule has 1 fully saturated rings. The molecule has 2 unspecified atom stereocenters. The molecule has 1 aliphatic carbocycles. The highest BCUT2D eigenvalue weighted by Crippen LogP contribution is 2.42. The number of ether oxygens (including phenoxy) is 2. The van der Waals surface area contributed by atoms with E-state index < -0.39 is 5.67 Å². The van der Waals surface area contributed by atoms with Crippen LogP contribution in [-0.2, 0) is 32.6 Å². The lowest BCUT2D eigenvalue weighted by atomic mass is 9.90. The van der Waals surface area contributed by atoms with Crippen molar-refractivity contribution in [3.63, 3.8) is 0 Å². The van der Waals surface area contributed by atoms with Crippen LogP contribution in [0, 0.1) is 18.3 Å². The molecule has 2 heterocycles. The van der Waals surface area contributed by atoms with Gasteiger partial charge in [0.25, 0.3) is 0 Å². The Balaban J connectivity index is 1.33. The fourth-order valence-electron chi connectivity index (χ4n) is 6.81. The first-order chi connectivity index (χ1) is 21.8. The number of likely N-dealkylation sites (tertiary alicyclic amines) is 1. The molecule has 6 nitrogen and oxygen atoms in total. The summed E-state index contributed by atoms with van der Waals surface area (Å²) < 4.78 is 28.3. The number of pyridine rings is 1. The van der Waals surface area contributed by atoms with Crippen molar-refractivity contribution in [2.45, 2.75) is 77.4 Å². The minimum atomic E-state index is -1.31. The summed E-state index contributed by atoms with van der Waals surface area (Å²) in [4.78, 5) is 6.26. The molecule has 3 aromatic carbocycles. The monoisotopic (exact) mass is 605 g/mol. The fourth-order valence-corrected chi connectivity index (χ4v) is 6.81. The summed E-state index contributed by atoms with van der Waals surface area (Å²) in [5.41, 5.74) is 8.04. The first kappa shape index (κ1) is 30.8. The Bertz CT molecular complexity index is 1700. The molecule has 0 saturated carbocycles. The van der Waals surface area contributed by atoms with Crippen LogP contribution in [0.25, 0.3) is 11.1 Å². The summed E-state index contributed by atoms with van der Waals surface area (Å²) in [6, 6.07) is 22.5. The highest BCUT2D eigenvalue weighted by atomic mass is 19.1. The van der Waals surface area contributed by atoms with E-state index in [1.165, 1.54) is 34.0 Å². The summed E-state index contributed by atoms with van der Waals surface area (Å²) in [7, 11) is 0. The summed E-state index contributed by atoms with van der Waals surface area (Å²) in [5, 5.41) is 19.5. The normalized spacial score (nSPS) is 19.6. The summed E-state index contributed by atoms with van der Waals surface area (Å²) in [5.74, 6) is 1.49. The number of hydrogen-bond donors (Lipinski definition) is 1. The molecule has 232 valence electrons. The number of aliphatic hydroxyl groups is 1. The van der Waals surface area contributed by atoms with E-state index in [2.05, 4.69) is 65.3 Å². The molecular formula is C38H40FN3O3. The molecule has 1 aliphatic heterocycles. The van der Waals surface area contributed by atoms with Gasteiger partial charge in [0.1, 0.15) is 36.5 Å². The van der Waals surface area contributed by atoms with Crippen LogP contribution in [0.4, 0.5) is 4.39 Å². The predicted octanol–water partition coefficient (Wildman–Crippen LogP) is 7.26.